The molecule has 1 N–H and O–H groups in total. The topological polar surface area (TPSA) is 105 Å². The van der Waals surface area contributed by atoms with E-state index in [-0.39, 0.29) is 5.92 Å². The highest BCUT2D eigenvalue weighted by atomic mass is 16.4. The molecule has 8 heteroatoms. The zero-order valence-electron chi connectivity index (χ0n) is 14.1. The maximum atomic E-state index is 13.0. The first-order chi connectivity index (χ1) is 11.9. The molecule has 1 aliphatic rings. The molecule has 0 bridgehead atoms. The van der Waals surface area contributed by atoms with E-state index < -0.39 is 29.5 Å². The van der Waals surface area contributed by atoms with E-state index in [4.69, 9.17) is 0 Å². The van der Waals surface area contributed by atoms with Crippen LogP contribution in [0.2, 0.25) is 0 Å². The fourth-order valence-corrected chi connectivity index (χ4v) is 3.31. The lowest BCUT2D eigenvalue weighted by molar-refractivity contribution is -0.150. The smallest absolute Gasteiger partial charge is 0.326 e. The predicted molar refractivity (Wildman–Crippen MR) is 90.0 cm³/mol. The lowest BCUT2D eigenvalue weighted by atomic mass is 10.0. The minimum atomic E-state index is -1.02. The molecule has 25 heavy (non-hydrogen) atoms. The number of aliphatic carboxylic acids is 1. The Morgan fingerprint density at radius 2 is 2.00 bits per heavy atom. The number of carboxylic acid groups (broad SMARTS) is 1. The van der Waals surface area contributed by atoms with Gasteiger partial charge in [0.15, 0.2) is 0 Å². The molecule has 0 aliphatic carbocycles. The molecule has 8 nitrogen and oxygen atoms in total. The monoisotopic (exact) mass is 344 g/mol. The van der Waals surface area contributed by atoms with Crippen molar-refractivity contribution in [1.82, 2.24) is 19.9 Å². The highest BCUT2D eigenvalue weighted by molar-refractivity contribution is 5.87. The summed E-state index contributed by atoms with van der Waals surface area (Å²) in [6.07, 6.45) is 1.05. The molecule has 1 aliphatic heterocycles. The van der Waals surface area contributed by atoms with Crippen LogP contribution in [0.25, 0.3) is 10.9 Å². The van der Waals surface area contributed by atoms with Crippen LogP contribution in [0.3, 0.4) is 0 Å². The van der Waals surface area contributed by atoms with Gasteiger partial charge in [0.05, 0.1) is 5.39 Å². The zero-order valence-corrected chi connectivity index (χ0v) is 14.1. The van der Waals surface area contributed by atoms with Crippen LogP contribution in [0.1, 0.15) is 32.7 Å². The van der Waals surface area contributed by atoms with Crippen LogP contribution in [0.15, 0.2) is 29.1 Å². The summed E-state index contributed by atoms with van der Waals surface area (Å²) in [5.41, 5.74) is 0.0620. The van der Waals surface area contributed by atoms with E-state index in [1.54, 1.807) is 38.1 Å². The Balaban J connectivity index is 2.05. The molecule has 2 aromatic rings. The second-order valence-corrected chi connectivity index (χ2v) is 6.57. The quantitative estimate of drug-likeness (QED) is 0.889. The number of carboxylic acids is 1. The number of nitrogens with zero attached hydrogens (tertiary/aromatic N) is 4. The Morgan fingerprint density at radius 3 is 2.68 bits per heavy atom. The second kappa shape index (κ2) is 6.62. The molecule has 2 atom stereocenters. The van der Waals surface area contributed by atoms with Gasteiger partial charge in [-0.15, -0.1) is 5.10 Å². The first-order valence-corrected chi connectivity index (χ1v) is 8.29. The van der Waals surface area contributed by atoms with Gasteiger partial charge in [0, 0.05) is 6.54 Å². The summed E-state index contributed by atoms with van der Waals surface area (Å²) in [7, 11) is 0. The highest BCUT2D eigenvalue weighted by Crippen LogP contribution is 2.25. The van der Waals surface area contributed by atoms with Crippen molar-refractivity contribution in [2.75, 3.05) is 6.54 Å². The number of hydrogen-bond acceptors (Lipinski definition) is 5. The third-order valence-corrected chi connectivity index (χ3v) is 4.56. The SMILES string of the molecule is CC(C)[C@H](C(=O)N1CCC[C@@H]1C(=O)O)n1nnc2ccccc2c1=O. The summed E-state index contributed by atoms with van der Waals surface area (Å²) >= 11 is 0. The van der Waals surface area contributed by atoms with E-state index in [1.807, 2.05) is 0 Å². The Kier molecular flexibility index (Phi) is 4.52. The molecule has 0 unspecified atom stereocenters. The molecule has 1 aromatic carbocycles. The molecule has 1 saturated heterocycles. The Hall–Kier alpha value is -2.77. The average molecular weight is 344 g/mol. The van der Waals surface area contributed by atoms with Crippen molar-refractivity contribution < 1.29 is 14.7 Å². The molecular formula is C17H20N4O4. The van der Waals surface area contributed by atoms with E-state index in [0.717, 1.165) is 4.68 Å². The zero-order chi connectivity index (χ0) is 18.1. The van der Waals surface area contributed by atoms with Crippen molar-refractivity contribution in [2.24, 2.45) is 5.92 Å². The van der Waals surface area contributed by atoms with Gasteiger partial charge in [-0.05, 0) is 30.9 Å². The number of hydrogen-bond donors (Lipinski definition) is 1. The lowest BCUT2D eigenvalue weighted by Crippen LogP contribution is -2.47. The molecule has 2 heterocycles. The summed E-state index contributed by atoms with van der Waals surface area (Å²) in [6, 6.07) is 5.07. The maximum Gasteiger partial charge on any atom is 0.326 e. The Bertz CT molecular complexity index is 876. The van der Waals surface area contributed by atoms with Crippen LogP contribution in [-0.2, 0) is 9.59 Å². The van der Waals surface area contributed by atoms with Gasteiger partial charge in [0.1, 0.15) is 17.6 Å². The Labute approximate surface area is 144 Å². The number of likely N-dealkylation sites (tertiary alicyclic amines) is 1. The van der Waals surface area contributed by atoms with E-state index >= 15 is 0 Å². The molecule has 1 fully saturated rings. The third-order valence-electron chi connectivity index (χ3n) is 4.56. The van der Waals surface area contributed by atoms with E-state index in [0.29, 0.717) is 30.3 Å². The van der Waals surface area contributed by atoms with Crippen LogP contribution in [-0.4, -0.2) is 49.5 Å². The summed E-state index contributed by atoms with van der Waals surface area (Å²) in [6.45, 7) is 3.98. The van der Waals surface area contributed by atoms with Gasteiger partial charge in [0.25, 0.3) is 5.56 Å². The number of fused-ring (bicyclic) bond motifs is 1. The van der Waals surface area contributed by atoms with Crippen LogP contribution in [0.4, 0.5) is 0 Å². The fraction of sp³-hybridized carbons (Fsp3) is 0.471. The normalized spacial score (nSPS) is 18.7. The number of carbonyl (C=O) groups excluding carboxylic acids is 1. The van der Waals surface area contributed by atoms with Crippen molar-refractivity contribution in [1.29, 1.82) is 0 Å². The van der Waals surface area contributed by atoms with Crippen molar-refractivity contribution in [3.8, 4) is 0 Å². The molecule has 0 radical (unpaired) electrons. The van der Waals surface area contributed by atoms with Crippen LogP contribution in [0, 0.1) is 5.92 Å². The third kappa shape index (κ3) is 2.99. The summed E-state index contributed by atoms with van der Waals surface area (Å²) in [5, 5.41) is 17.7. The summed E-state index contributed by atoms with van der Waals surface area (Å²) in [4.78, 5) is 38.5. The van der Waals surface area contributed by atoms with Gasteiger partial charge in [0.2, 0.25) is 5.91 Å². The molecule has 1 aromatic heterocycles. The van der Waals surface area contributed by atoms with Crippen molar-refractivity contribution >= 4 is 22.8 Å². The van der Waals surface area contributed by atoms with E-state index in [9.17, 15) is 19.5 Å². The minimum absolute atomic E-state index is 0.240. The molecular weight excluding hydrogens is 324 g/mol. The molecule has 0 saturated carbocycles. The number of amides is 1. The van der Waals surface area contributed by atoms with Crippen LogP contribution in [0.5, 0.6) is 0 Å². The van der Waals surface area contributed by atoms with Crippen LogP contribution < -0.4 is 5.56 Å². The number of aromatic nitrogens is 3. The second-order valence-electron chi connectivity index (χ2n) is 6.57. The first kappa shape index (κ1) is 17.1. The van der Waals surface area contributed by atoms with Gasteiger partial charge in [-0.25, -0.2) is 4.79 Å². The summed E-state index contributed by atoms with van der Waals surface area (Å²) in [5.74, 6) is -1.66. The molecule has 0 spiro atoms. The lowest BCUT2D eigenvalue weighted by Gasteiger charge is -2.28. The largest absolute Gasteiger partial charge is 0.480 e. The van der Waals surface area contributed by atoms with Gasteiger partial charge >= 0.3 is 5.97 Å². The van der Waals surface area contributed by atoms with E-state index in [2.05, 4.69) is 10.3 Å². The number of carbonyl (C=O) groups is 2. The molecule has 132 valence electrons. The van der Waals surface area contributed by atoms with Crippen LogP contribution >= 0.6 is 0 Å². The van der Waals surface area contributed by atoms with Crippen molar-refractivity contribution in [2.45, 2.75) is 38.8 Å². The standard InChI is InChI=1S/C17H20N4O4/c1-10(2)14(16(23)20-9-5-8-13(20)17(24)25)21-15(22)11-6-3-4-7-12(11)18-19-21/h3-4,6-7,10,13-14H,5,8-9H2,1-2H3,(H,24,25)/t13-,14-/m1/s1. The van der Waals surface area contributed by atoms with Gasteiger partial charge in [-0.1, -0.05) is 31.2 Å². The first-order valence-electron chi connectivity index (χ1n) is 8.29. The number of rotatable bonds is 4. The predicted octanol–water partition coefficient (Wildman–Crippen LogP) is 1.06. The van der Waals surface area contributed by atoms with Gasteiger partial charge < -0.3 is 10.0 Å². The Morgan fingerprint density at radius 1 is 1.28 bits per heavy atom. The maximum absolute atomic E-state index is 13.0. The summed E-state index contributed by atoms with van der Waals surface area (Å²) < 4.78 is 1.09. The van der Waals surface area contributed by atoms with E-state index in [1.165, 1.54) is 4.90 Å². The van der Waals surface area contributed by atoms with Gasteiger partial charge in [-0.3, -0.25) is 9.59 Å². The average Bonchev–Trinajstić information content (AvgIpc) is 3.07. The van der Waals surface area contributed by atoms with Crippen molar-refractivity contribution in [3.63, 3.8) is 0 Å². The minimum Gasteiger partial charge on any atom is -0.480 e. The van der Waals surface area contributed by atoms with Gasteiger partial charge in [-0.2, -0.15) is 4.68 Å². The fourth-order valence-electron chi connectivity index (χ4n) is 3.31. The van der Waals surface area contributed by atoms with Crippen molar-refractivity contribution in [3.05, 3.63) is 34.6 Å². The number of benzene rings is 1. The molecule has 1 amide bonds. The molecule has 3 rings (SSSR count). The highest BCUT2D eigenvalue weighted by Gasteiger charge is 2.39.